The number of methoxy groups -OCH3 is 1. The molecule has 0 fully saturated rings. The molecule has 10 heteroatoms. The lowest BCUT2D eigenvalue weighted by molar-refractivity contribution is 0.0948. The highest BCUT2D eigenvalue weighted by atomic mass is 32.1. The third kappa shape index (κ3) is 5.60. The van der Waals surface area contributed by atoms with Crippen LogP contribution in [0.2, 0.25) is 0 Å². The van der Waals surface area contributed by atoms with Crippen LogP contribution in [0, 0.1) is 0 Å². The fraction of sp³-hybridized carbons (Fsp3) is 0.172. The highest BCUT2D eigenvalue weighted by Gasteiger charge is 2.19. The van der Waals surface area contributed by atoms with Crippen molar-refractivity contribution in [3.05, 3.63) is 95.3 Å². The van der Waals surface area contributed by atoms with Crippen LogP contribution in [0.5, 0.6) is 5.75 Å². The van der Waals surface area contributed by atoms with E-state index in [1.54, 1.807) is 18.7 Å². The normalized spacial score (nSPS) is 10.8. The van der Waals surface area contributed by atoms with E-state index in [-0.39, 0.29) is 17.5 Å². The molecule has 0 aliphatic rings. The number of ether oxygens (including phenoxy) is 1. The molecular weight excluding hydrogens is 512 g/mol. The molecule has 9 nitrogen and oxygen atoms in total. The number of nitrogens with one attached hydrogen (secondary N) is 2. The smallest absolute Gasteiger partial charge is 0.274 e. The first-order valence-corrected chi connectivity index (χ1v) is 13.2. The first-order valence-electron chi connectivity index (χ1n) is 12.4. The molecule has 2 amide bonds. The lowest BCUT2D eigenvalue weighted by Crippen LogP contribution is -2.26. The summed E-state index contributed by atoms with van der Waals surface area (Å²) >= 11 is 1.20. The van der Waals surface area contributed by atoms with Gasteiger partial charge in [-0.2, -0.15) is 0 Å². The summed E-state index contributed by atoms with van der Waals surface area (Å²) in [6, 6.07) is 21.1. The zero-order chi connectivity index (χ0) is 27.4. The van der Waals surface area contributed by atoms with Gasteiger partial charge >= 0.3 is 0 Å². The number of amides is 2. The van der Waals surface area contributed by atoms with Crippen molar-refractivity contribution in [2.24, 2.45) is 0 Å². The fourth-order valence-electron chi connectivity index (χ4n) is 4.31. The van der Waals surface area contributed by atoms with Gasteiger partial charge in [-0.3, -0.25) is 19.5 Å². The lowest BCUT2D eigenvalue weighted by Gasteiger charge is -2.17. The third-order valence-electron chi connectivity index (χ3n) is 6.20. The number of benzene rings is 2. The molecule has 0 saturated carbocycles. The number of hydrogen-bond donors (Lipinski definition) is 2. The van der Waals surface area contributed by atoms with Crippen LogP contribution in [0.25, 0.3) is 16.7 Å². The summed E-state index contributed by atoms with van der Waals surface area (Å²) in [7, 11) is 5.57. The highest BCUT2D eigenvalue weighted by Crippen LogP contribution is 2.28. The first-order chi connectivity index (χ1) is 18.9. The molecular formula is C29H28N6O3S. The number of thiazole rings is 1. The maximum atomic E-state index is 13.3. The van der Waals surface area contributed by atoms with Crippen LogP contribution in [0.1, 0.15) is 26.5 Å². The van der Waals surface area contributed by atoms with Gasteiger partial charge in [0.25, 0.3) is 11.8 Å². The van der Waals surface area contributed by atoms with Gasteiger partial charge < -0.3 is 15.0 Å². The summed E-state index contributed by atoms with van der Waals surface area (Å²) in [6.45, 7) is 0.437. The SMILES string of the molecule is COc1cc(CCNC(=O)c2csc(NC(=O)c3cc4ccccc4n3-c3ccccn3)n2)ccc1N(C)C. The Morgan fingerprint density at radius 2 is 1.85 bits per heavy atom. The number of nitrogens with zero attached hydrogens (tertiary/aromatic N) is 4. The van der Waals surface area contributed by atoms with Crippen molar-refractivity contribution in [1.29, 1.82) is 0 Å². The molecule has 0 radical (unpaired) electrons. The Morgan fingerprint density at radius 1 is 1.03 bits per heavy atom. The second-order valence-electron chi connectivity index (χ2n) is 9.01. The number of para-hydroxylation sites is 1. The number of carbonyl (C=O) groups excluding carboxylic acids is 2. The Bertz CT molecular complexity index is 1630. The summed E-state index contributed by atoms with van der Waals surface area (Å²) in [6.07, 6.45) is 2.33. The summed E-state index contributed by atoms with van der Waals surface area (Å²) < 4.78 is 7.29. The van der Waals surface area contributed by atoms with Gasteiger partial charge in [-0.25, -0.2) is 9.97 Å². The summed E-state index contributed by atoms with van der Waals surface area (Å²) in [5.41, 5.74) is 3.58. The highest BCUT2D eigenvalue weighted by molar-refractivity contribution is 7.14. The Kier molecular flexibility index (Phi) is 7.55. The molecule has 0 aliphatic carbocycles. The largest absolute Gasteiger partial charge is 0.495 e. The minimum absolute atomic E-state index is 0.251. The van der Waals surface area contributed by atoms with Crippen molar-refractivity contribution in [2.45, 2.75) is 6.42 Å². The van der Waals surface area contributed by atoms with Crippen LogP contribution in [-0.2, 0) is 6.42 Å². The first kappa shape index (κ1) is 25.9. The average Bonchev–Trinajstić information content (AvgIpc) is 3.58. The molecule has 2 aromatic carbocycles. The Morgan fingerprint density at radius 3 is 2.62 bits per heavy atom. The lowest BCUT2D eigenvalue weighted by atomic mass is 10.1. The zero-order valence-corrected chi connectivity index (χ0v) is 22.7. The van der Waals surface area contributed by atoms with E-state index >= 15 is 0 Å². The number of aromatic nitrogens is 3. The molecule has 0 spiro atoms. The molecule has 3 heterocycles. The third-order valence-corrected chi connectivity index (χ3v) is 6.96. The van der Waals surface area contributed by atoms with Crippen LogP contribution in [-0.4, -0.2) is 54.1 Å². The number of pyridine rings is 1. The molecule has 0 atom stereocenters. The van der Waals surface area contributed by atoms with Gasteiger partial charge in [-0.15, -0.1) is 11.3 Å². The zero-order valence-electron chi connectivity index (χ0n) is 21.8. The minimum atomic E-state index is -0.340. The fourth-order valence-corrected chi connectivity index (χ4v) is 4.99. The number of fused-ring (bicyclic) bond motifs is 1. The quantitative estimate of drug-likeness (QED) is 0.279. The molecule has 5 rings (SSSR count). The van der Waals surface area contributed by atoms with E-state index < -0.39 is 0 Å². The number of anilines is 2. The van der Waals surface area contributed by atoms with Crippen LogP contribution in [0.3, 0.4) is 0 Å². The standard InChI is InChI=1S/C29H28N6O3S/c1-34(2)23-12-11-19(16-25(23)38-3)13-15-31-27(36)21-18-39-29(32-21)33-28(37)24-17-20-8-4-5-9-22(20)35(24)26-10-6-7-14-30-26/h4-12,14,16-18H,13,15H2,1-3H3,(H,31,36)(H,32,33,37). The molecule has 2 N–H and O–H groups in total. The predicted octanol–water partition coefficient (Wildman–Crippen LogP) is 4.78. The van der Waals surface area contributed by atoms with E-state index in [1.165, 1.54) is 11.3 Å². The molecule has 198 valence electrons. The van der Waals surface area contributed by atoms with E-state index in [2.05, 4.69) is 20.6 Å². The summed E-state index contributed by atoms with van der Waals surface area (Å²) in [4.78, 5) is 36.8. The van der Waals surface area contributed by atoms with Gasteiger partial charge in [0.15, 0.2) is 5.13 Å². The summed E-state index contributed by atoms with van der Waals surface area (Å²) in [5, 5.41) is 8.62. The van der Waals surface area contributed by atoms with Crippen LogP contribution in [0.4, 0.5) is 10.8 Å². The Hall–Kier alpha value is -4.70. The van der Waals surface area contributed by atoms with E-state index in [4.69, 9.17) is 4.74 Å². The number of hydrogen-bond acceptors (Lipinski definition) is 7. The minimum Gasteiger partial charge on any atom is -0.495 e. The van der Waals surface area contributed by atoms with E-state index in [1.807, 2.05) is 90.3 Å². The molecule has 0 saturated heterocycles. The second-order valence-corrected chi connectivity index (χ2v) is 9.87. The average molecular weight is 541 g/mol. The predicted molar refractivity (Wildman–Crippen MR) is 154 cm³/mol. The van der Waals surface area contributed by atoms with Gasteiger partial charge in [-0.05, 0) is 48.4 Å². The van der Waals surface area contributed by atoms with Crippen LogP contribution in [0.15, 0.2) is 78.3 Å². The maximum absolute atomic E-state index is 13.3. The van der Waals surface area contributed by atoms with E-state index in [0.717, 1.165) is 27.9 Å². The number of carbonyl (C=O) groups is 2. The number of rotatable bonds is 9. The van der Waals surface area contributed by atoms with Crippen molar-refractivity contribution in [3.63, 3.8) is 0 Å². The monoisotopic (exact) mass is 540 g/mol. The molecule has 0 bridgehead atoms. The molecule has 0 unspecified atom stereocenters. The molecule has 5 aromatic rings. The van der Waals surface area contributed by atoms with Gasteiger partial charge in [0.1, 0.15) is 23.0 Å². The summed E-state index contributed by atoms with van der Waals surface area (Å²) in [5.74, 6) is 0.780. The molecule has 3 aromatic heterocycles. The van der Waals surface area contributed by atoms with Gasteiger partial charge in [0.2, 0.25) is 0 Å². The van der Waals surface area contributed by atoms with Crippen molar-refractivity contribution >= 4 is 44.9 Å². The van der Waals surface area contributed by atoms with Crippen molar-refractivity contribution in [3.8, 4) is 11.6 Å². The van der Waals surface area contributed by atoms with Gasteiger partial charge in [-0.1, -0.05) is 30.3 Å². The Labute approximate surface area is 230 Å². The van der Waals surface area contributed by atoms with Crippen molar-refractivity contribution < 1.29 is 14.3 Å². The Balaban J connectivity index is 1.25. The van der Waals surface area contributed by atoms with Crippen LogP contribution < -0.4 is 20.3 Å². The second kappa shape index (κ2) is 11.4. The molecule has 39 heavy (non-hydrogen) atoms. The van der Waals surface area contributed by atoms with Crippen molar-refractivity contribution in [2.75, 3.05) is 38.0 Å². The van der Waals surface area contributed by atoms with E-state index in [0.29, 0.717) is 29.6 Å². The maximum Gasteiger partial charge on any atom is 0.274 e. The topological polar surface area (TPSA) is 101 Å². The van der Waals surface area contributed by atoms with Crippen molar-refractivity contribution in [1.82, 2.24) is 19.9 Å². The van der Waals surface area contributed by atoms with Gasteiger partial charge in [0, 0.05) is 37.6 Å². The van der Waals surface area contributed by atoms with Crippen LogP contribution >= 0.6 is 11.3 Å². The van der Waals surface area contributed by atoms with Gasteiger partial charge in [0.05, 0.1) is 18.3 Å². The molecule has 0 aliphatic heterocycles. The van der Waals surface area contributed by atoms with E-state index in [9.17, 15) is 9.59 Å².